The SMILES string of the molecule is O=C(N[C@H]1CC[C@@H](C(=O)O)CC1)c1cccnc1Oc1ccc(F)cc1. The maximum atomic E-state index is 13.0. The molecule has 1 heterocycles. The molecular formula is C19H19FN2O4. The fourth-order valence-corrected chi connectivity index (χ4v) is 3.01. The van der Waals surface area contributed by atoms with Crippen LogP contribution in [0.4, 0.5) is 4.39 Å². The number of aromatic nitrogens is 1. The zero-order valence-electron chi connectivity index (χ0n) is 14.0. The monoisotopic (exact) mass is 358 g/mol. The normalized spacial score (nSPS) is 19.6. The maximum Gasteiger partial charge on any atom is 0.306 e. The van der Waals surface area contributed by atoms with Gasteiger partial charge in [-0.15, -0.1) is 0 Å². The van der Waals surface area contributed by atoms with Crippen LogP contribution >= 0.6 is 0 Å². The Morgan fingerprint density at radius 3 is 2.46 bits per heavy atom. The van der Waals surface area contributed by atoms with Gasteiger partial charge >= 0.3 is 5.97 Å². The molecule has 0 radical (unpaired) electrons. The lowest BCUT2D eigenvalue weighted by molar-refractivity contribution is -0.142. The summed E-state index contributed by atoms with van der Waals surface area (Å²) in [6, 6.07) is 8.60. The van der Waals surface area contributed by atoms with Crippen molar-refractivity contribution in [3.05, 3.63) is 54.0 Å². The molecule has 1 saturated carbocycles. The Kier molecular flexibility index (Phi) is 5.46. The summed E-state index contributed by atoms with van der Waals surface area (Å²) in [4.78, 5) is 27.7. The van der Waals surface area contributed by atoms with Crippen molar-refractivity contribution in [2.75, 3.05) is 0 Å². The smallest absolute Gasteiger partial charge is 0.306 e. The van der Waals surface area contributed by atoms with Gasteiger partial charge in [-0.3, -0.25) is 9.59 Å². The van der Waals surface area contributed by atoms with Crippen molar-refractivity contribution in [3.63, 3.8) is 0 Å². The van der Waals surface area contributed by atoms with Gasteiger partial charge < -0.3 is 15.2 Å². The highest BCUT2D eigenvalue weighted by Crippen LogP contribution is 2.26. The lowest BCUT2D eigenvalue weighted by Gasteiger charge is -2.27. The van der Waals surface area contributed by atoms with Gasteiger partial charge in [-0.05, 0) is 62.1 Å². The number of benzene rings is 1. The summed E-state index contributed by atoms with van der Waals surface area (Å²) in [5, 5.41) is 12.0. The van der Waals surface area contributed by atoms with E-state index in [2.05, 4.69) is 10.3 Å². The fraction of sp³-hybridized carbons (Fsp3) is 0.316. The van der Waals surface area contributed by atoms with Crippen molar-refractivity contribution in [1.29, 1.82) is 0 Å². The highest BCUT2D eigenvalue weighted by atomic mass is 19.1. The van der Waals surface area contributed by atoms with E-state index in [0.29, 0.717) is 31.4 Å². The predicted octanol–water partition coefficient (Wildman–Crippen LogP) is 3.39. The zero-order valence-corrected chi connectivity index (χ0v) is 14.0. The van der Waals surface area contributed by atoms with Gasteiger partial charge in [-0.2, -0.15) is 0 Å². The summed E-state index contributed by atoms with van der Waals surface area (Å²) >= 11 is 0. The Labute approximate surface area is 150 Å². The summed E-state index contributed by atoms with van der Waals surface area (Å²) in [5.74, 6) is -1.31. The van der Waals surface area contributed by atoms with Crippen molar-refractivity contribution in [3.8, 4) is 11.6 Å². The van der Waals surface area contributed by atoms with E-state index < -0.39 is 5.97 Å². The van der Waals surface area contributed by atoms with Crippen LogP contribution in [0.5, 0.6) is 11.6 Å². The van der Waals surface area contributed by atoms with Gasteiger partial charge in [-0.25, -0.2) is 9.37 Å². The number of carboxylic acids is 1. The maximum absolute atomic E-state index is 13.0. The molecule has 26 heavy (non-hydrogen) atoms. The third-order valence-electron chi connectivity index (χ3n) is 4.46. The molecule has 1 fully saturated rings. The molecule has 7 heteroatoms. The molecule has 3 rings (SSSR count). The Morgan fingerprint density at radius 1 is 1.12 bits per heavy atom. The molecule has 1 aliphatic rings. The molecule has 1 aromatic carbocycles. The van der Waals surface area contributed by atoms with Gasteiger partial charge in [0.15, 0.2) is 0 Å². The molecule has 6 nitrogen and oxygen atoms in total. The third kappa shape index (κ3) is 4.36. The molecule has 0 aliphatic heterocycles. The van der Waals surface area contributed by atoms with Gasteiger partial charge in [0.2, 0.25) is 5.88 Å². The molecular weight excluding hydrogens is 339 g/mol. The predicted molar refractivity (Wildman–Crippen MR) is 91.6 cm³/mol. The Bertz CT molecular complexity index is 786. The largest absolute Gasteiger partial charge is 0.481 e. The minimum absolute atomic E-state index is 0.0722. The van der Waals surface area contributed by atoms with E-state index in [1.807, 2.05) is 0 Å². The van der Waals surface area contributed by atoms with Crippen molar-refractivity contribution in [2.24, 2.45) is 5.92 Å². The first-order valence-corrected chi connectivity index (χ1v) is 8.45. The van der Waals surface area contributed by atoms with E-state index in [-0.39, 0.29) is 35.1 Å². The molecule has 2 N–H and O–H groups in total. The number of carbonyl (C=O) groups excluding carboxylic acids is 1. The third-order valence-corrected chi connectivity index (χ3v) is 4.46. The molecule has 136 valence electrons. The van der Waals surface area contributed by atoms with E-state index >= 15 is 0 Å². The van der Waals surface area contributed by atoms with Gasteiger partial charge in [0.25, 0.3) is 5.91 Å². The van der Waals surface area contributed by atoms with E-state index in [1.165, 1.54) is 30.5 Å². The average molecular weight is 358 g/mol. The number of halogens is 1. The number of nitrogens with one attached hydrogen (secondary N) is 1. The number of rotatable bonds is 5. The summed E-state index contributed by atoms with van der Waals surface area (Å²) < 4.78 is 18.6. The lowest BCUT2D eigenvalue weighted by Crippen LogP contribution is -2.38. The fourth-order valence-electron chi connectivity index (χ4n) is 3.01. The second-order valence-electron chi connectivity index (χ2n) is 6.27. The second kappa shape index (κ2) is 7.95. The van der Waals surface area contributed by atoms with Gasteiger partial charge in [-0.1, -0.05) is 0 Å². The van der Waals surface area contributed by atoms with Crippen LogP contribution in [0.1, 0.15) is 36.0 Å². The van der Waals surface area contributed by atoms with Gasteiger partial charge in [0.1, 0.15) is 17.1 Å². The van der Waals surface area contributed by atoms with Crippen molar-refractivity contribution < 1.29 is 23.8 Å². The zero-order chi connectivity index (χ0) is 18.5. The minimum atomic E-state index is -0.781. The van der Waals surface area contributed by atoms with Crippen LogP contribution in [0.2, 0.25) is 0 Å². The molecule has 0 bridgehead atoms. The summed E-state index contributed by atoms with van der Waals surface area (Å²) in [7, 11) is 0. The lowest BCUT2D eigenvalue weighted by atomic mass is 9.86. The molecule has 0 saturated heterocycles. The summed E-state index contributed by atoms with van der Waals surface area (Å²) in [6.07, 6.45) is 3.85. The Morgan fingerprint density at radius 2 is 1.81 bits per heavy atom. The molecule has 1 amide bonds. The number of amides is 1. The first-order valence-electron chi connectivity index (χ1n) is 8.45. The number of hydrogen-bond donors (Lipinski definition) is 2. The van der Waals surface area contributed by atoms with Gasteiger partial charge in [0, 0.05) is 12.2 Å². The van der Waals surface area contributed by atoms with Crippen LogP contribution in [0.3, 0.4) is 0 Å². The summed E-state index contributed by atoms with van der Waals surface area (Å²) in [6.45, 7) is 0. The van der Waals surface area contributed by atoms with E-state index in [0.717, 1.165) is 0 Å². The van der Waals surface area contributed by atoms with E-state index in [9.17, 15) is 14.0 Å². The van der Waals surface area contributed by atoms with Crippen LogP contribution in [0.15, 0.2) is 42.6 Å². The minimum Gasteiger partial charge on any atom is -0.481 e. The van der Waals surface area contributed by atoms with Crippen LogP contribution in [0, 0.1) is 11.7 Å². The van der Waals surface area contributed by atoms with E-state index in [4.69, 9.17) is 9.84 Å². The standard InChI is InChI=1S/C19H19FN2O4/c20-13-5-9-15(10-6-13)26-18-16(2-1-11-21-18)17(23)22-14-7-3-12(4-8-14)19(24)25/h1-2,5-6,9-12,14H,3-4,7-8H2,(H,22,23)(H,24,25)/t12-,14+. The van der Waals surface area contributed by atoms with Crippen LogP contribution in [0.25, 0.3) is 0 Å². The first-order chi connectivity index (χ1) is 12.5. The molecule has 1 aliphatic carbocycles. The molecule has 0 spiro atoms. The number of ether oxygens (including phenoxy) is 1. The molecule has 2 aromatic rings. The first kappa shape index (κ1) is 17.8. The number of carboxylic acid groups (broad SMARTS) is 1. The Balaban J connectivity index is 1.66. The topological polar surface area (TPSA) is 88.5 Å². The second-order valence-corrected chi connectivity index (χ2v) is 6.27. The number of nitrogens with zero attached hydrogens (tertiary/aromatic N) is 1. The molecule has 1 aromatic heterocycles. The highest BCUT2D eigenvalue weighted by Gasteiger charge is 2.27. The number of carbonyl (C=O) groups is 2. The molecule has 0 atom stereocenters. The number of aliphatic carboxylic acids is 1. The van der Waals surface area contributed by atoms with Gasteiger partial charge in [0.05, 0.1) is 5.92 Å². The number of pyridine rings is 1. The van der Waals surface area contributed by atoms with Crippen molar-refractivity contribution in [2.45, 2.75) is 31.7 Å². The van der Waals surface area contributed by atoms with Crippen LogP contribution < -0.4 is 10.1 Å². The van der Waals surface area contributed by atoms with Crippen LogP contribution in [-0.4, -0.2) is 28.0 Å². The Hall–Kier alpha value is -2.96. The summed E-state index contributed by atoms with van der Waals surface area (Å²) in [5.41, 5.74) is 0.275. The highest BCUT2D eigenvalue weighted by molar-refractivity contribution is 5.96. The van der Waals surface area contributed by atoms with Crippen molar-refractivity contribution in [1.82, 2.24) is 10.3 Å². The van der Waals surface area contributed by atoms with E-state index in [1.54, 1.807) is 12.1 Å². The quantitative estimate of drug-likeness (QED) is 0.855. The molecule has 0 unspecified atom stereocenters. The average Bonchev–Trinajstić information content (AvgIpc) is 2.64. The van der Waals surface area contributed by atoms with Crippen LogP contribution in [-0.2, 0) is 4.79 Å². The van der Waals surface area contributed by atoms with Crippen molar-refractivity contribution >= 4 is 11.9 Å². The number of hydrogen-bond acceptors (Lipinski definition) is 4.